The third-order valence-electron chi connectivity index (χ3n) is 1.51. The second kappa shape index (κ2) is 3.90. The van der Waals surface area contributed by atoms with Gasteiger partial charge in [-0.1, -0.05) is 0 Å². The Bertz CT molecular complexity index is 306. The highest BCUT2D eigenvalue weighted by Gasteiger charge is 2.16. The topological polar surface area (TPSA) is 17.1 Å². The van der Waals surface area contributed by atoms with Gasteiger partial charge < -0.3 is 0 Å². The molecule has 1 atom stereocenters. The van der Waals surface area contributed by atoms with Crippen molar-refractivity contribution in [2.75, 3.05) is 0 Å². The van der Waals surface area contributed by atoms with Crippen LogP contribution in [0.5, 0.6) is 0 Å². The van der Waals surface area contributed by atoms with E-state index in [0.717, 1.165) is 14.2 Å². The van der Waals surface area contributed by atoms with E-state index in [0.29, 0.717) is 0 Å². The van der Waals surface area contributed by atoms with Crippen LogP contribution in [-0.2, 0) is 0 Å². The number of hydrogen-bond donors (Lipinski definition) is 0. The Hall–Kier alpha value is 0.140. The number of aryl methyl sites for hydroxylation is 1. The molecule has 66 valence electrons. The zero-order valence-electron chi connectivity index (χ0n) is 6.73. The van der Waals surface area contributed by atoms with Crippen molar-refractivity contribution >= 4 is 44.7 Å². The van der Waals surface area contributed by atoms with Gasteiger partial charge in [0.05, 0.1) is 9.16 Å². The summed E-state index contributed by atoms with van der Waals surface area (Å²) in [5.74, 6) is -0.00360. The number of alkyl halides is 1. The largest absolute Gasteiger partial charge is 0.292 e. The lowest BCUT2D eigenvalue weighted by molar-refractivity contribution is 0.0991. The van der Waals surface area contributed by atoms with Crippen LogP contribution in [0.15, 0.2) is 9.85 Å². The molecule has 0 aliphatic rings. The van der Waals surface area contributed by atoms with E-state index in [1.807, 2.05) is 13.0 Å². The maximum atomic E-state index is 11.4. The minimum atomic E-state index is -0.440. The van der Waals surface area contributed by atoms with Crippen LogP contribution < -0.4 is 0 Å². The van der Waals surface area contributed by atoms with Gasteiger partial charge in [-0.05, 0) is 35.8 Å². The van der Waals surface area contributed by atoms with Crippen LogP contribution in [0.3, 0.4) is 0 Å². The van der Waals surface area contributed by atoms with E-state index in [9.17, 15) is 4.79 Å². The minimum absolute atomic E-state index is 0.00360. The van der Waals surface area contributed by atoms with E-state index in [4.69, 9.17) is 11.6 Å². The van der Waals surface area contributed by atoms with Gasteiger partial charge in [0.2, 0.25) is 0 Å². The SMILES string of the molecule is Cc1sc(Br)cc1C(=O)C(C)Cl. The molecule has 0 aromatic carbocycles. The van der Waals surface area contributed by atoms with Crippen LogP contribution in [0.2, 0.25) is 0 Å². The summed E-state index contributed by atoms with van der Waals surface area (Å²) in [7, 11) is 0. The normalized spacial score (nSPS) is 13.0. The van der Waals surface area contributed by atoms with Crippen LogP contribution in [0.25, 0.3) is 0 Å². The van der Waals surface area contributed by atoms with E-state index in [-0.39, 0.29) is 5.78 Å². The molecule has 1 unspecified atom stereocenters. The Morgan fingerprint density at radius 1 is 1.75 bits per heavy atom. The first-order valence-corrected chi connectivity index (χ1v) is 5.51. The number of halogens is 2. The van der Waals surface area contributed by atoms with E-state index >= 15 is 0 Å². The van der Waals surface area contributed by atoms with Gasteiger partial charge in [0.25, 0.3) is 0 Å². The molecular formula is C8H8BrClOS. The smallest absolute Gasteiger partial charge is 0.181 e. The van der Waals surface area contributed by atoms with E-state index in [1.54, 1.807) is 18.3 Å². The summed E-state index contributed by atoms with van der Waals surface area (Å²) in [5, 5.41) is -0.440. The Morgan fingerprint density at radius 2 is 2.33 bits per heavy atom. The van der Waals surface area contributed by atoms with Gasteiger partial charge in [-0.25, -0.2) is 0 Å². The van der Waals surface area contributed by atoms with Gasteiger partial charge >= 0.3 is 0 Å². The third-order valence-corrected chi connectivity index (χ3v) is 3.27. The quantitative estimate of drug-likeness (QED) is 0.591. The van der Waals surface area contributed by atoms with E-state index in [1.165, 1.54) is 0 Å². The van der Waals surface area contributed by atoms with Crippen molar-refractivity contribution in [1.82, 2.24) is 0 Å². The van der Waals surface area contributed by atoms with Crippen LogP contribution in [0.1, 0.15) is 22.2 Å². The van der Waals surface area contributed by atoms with Crippen LogP contribution in [0.4, 0.5) is 0 Å². The average Bonchev–Trinajstić information content (AvgIpc) is 2.28. The highest BCUT2D eigenvalue weighted by atomic mass is 79.9. The first kappa shape index (κ1) is 10.2. The number of thiophene rings is 1. The zero-order valence-corrected chi connectivity index (χ0v) is 9.89. The summed E-state index contributed by atoms with van der Waals surface area (Å²) in [5.41, 5.74) is 0.731. The molecule has 0 bridgehead atoms. The van der Waals surface area contributed by atoms with E-state index < -0.39 is 5.38 Å². The molecule has 0 spiro atoms. The molecule has 0 saturated heterocycles. The fourth-order valence-corrected chi connectivity index (χ4v) is 2.72. The molecular weight excluding hydrogens is 260 g/mol. The molecule has 0 N–H and O–H groups in total. The summed E-state index contributed by atoms with van der Waals surface area (Å²) in [4.78, 5) is 12.4. The lowest BCUT2D eigenvalue weighted by Gasteiger charge is -1.99. The minimum Gasteiger partial charge on any atom is -0.292 e. The first-order chi connectivity index (χ1) is 5.52. The molecule has 0 aliphatic carbocycles. The molecule has 0 amide bonds. The Labute approximate surface area is 88.9 Å². The molecule has 1 rings (SSSR count). The molecule has 0 fully saturated rings. The summed E-state index contributed by atoms with van der Waals surface area (Å²) in [6, 6.07) is 1.82. The summed E-state index contributed by atoms with van der Waals surface area (Å²) in [6.45, 7) is 3.61. The molecule has 12 heavy (non-hydrogen) atoms. The molecule has 0 radical (unpaired) electrons. The van der Waals surface area contributed by atoms with Crippen molar-refractivity contribution in [2.45, 2.75) is 19.2 Å². The zero-order chi connectivity index (χ0) is 9.30. The number of ketones is 1. The van der Waals surface area contributed by atoms with Crippen LogP contribution >= 0.6 is 38.9 Å². The number of carbonyl (C=O) groups excluding carboxylic acids is 1. The van der Waals surface area contributed by atoms with Gasteiger partial charge in [0.1, 0.15) is 0 Å². The van der Waals surface area contributed by atoms with Crippen molar-refractivity contribution in [2.24, 2.45) is 0 Å². The fourth-order valence-electron chi connectivity index (χ4n) is 0.905. The first-order valence-electron chi connectivity index (χ1n) is 3.46. The van der Waals surface area contributed by atoms with Crippen molar-refractivity contribution in [3.8, 4) is 0 Å². The highest BCUT2D eigenvalue weighted by Crippen LogP contribution is 2.27. The van der Waals surface area contributed by atoms with Crippen molar-refractivity contribution in [1.29, 1.82) is 0 Å². The number of carbonyl (C=O) groups is 1. The summed E-state index contributed by atoms with van der Waals surface area (Å²) >= 11 is 10.6. The molecule has 1 aromatic heterocycles. The van der Waals surface area contributed by atoms with Gasteiger partial charge in [-0.3, -0.25) is 4.79 Å². The van der Waals surface area contributed by atoms with Gasteiger partial charge in [-0.2, -0.15) is 0 Å². The Morgan fingerprint density at radius 3 is 2.67 bits per heavy atom. The van der Waals surface area contributed by atoms with Gasteiger partial charge in [-0.15, -0.1) is 22.9 Å². The lowest BCUT2D eigenvalue weighted by atomic mass is 10.1. The Kier molecular flexibility index (Phi) is 3.32. The number of rotatable bonds is 2. The second-order valence-electron chi connectivity index (χ2n) is 2.50. The fraction of sp³-hybridized carbons (Fsp3) is 0.375. The molecule has 0 aliphatic heterocycles. The molecule has 4 heteroatoms. The van der Waals surface area contributed by atoms with Crippen LogP contribution in [0, 0.1) is 6.92 Å². The van der Waals surface area contributed by atoms with Gasteiger partial charge in [0.15, 0.2) is 5.78 Å². The standard InChI is InChI=1S/C8H8BrClOS/c1-4(10)8(11)6-3-7(9)12-5(6)2/h3-4H,1-2H3. The highest BCUT2D eigenvalue weighted by molar-refractivity contribution is 9.11. The monoisotopic (exact) mass is 266 g/mol. The summed E-state index contributed by atoms with van der Waals surface area (Å²) < 4.78 is 0.973. The molecule has 1 heterocycles. The molecule has 0 saturated carbocycles. The van der Waals surface area contributed by atoms with Crippen molar-refractivity contribution < 1.29 is 4.79 Å². The Balaban J connectivity index is 3.02. The maximum Gasteiger partial charge on any atom is 0.181 e. The molecule has 1 nitrogen and oxygen atoms in total. The number of hydrogen-bond acceptors (Lipinski definition) is 2. The maximum absolute atomic E-state index is 11.4. The average molecular weight is 268 g/mol. The van der Waals surface area contributed by atoms with Gasteiger partial charge in [0, 0.05) is 10.4 Å². The predicted molar refractivity (Wildman–Crippen MR) is 56.4 cm³/mol. The molecule has 1 aromatic rings. The van der Waals surface area contributed by atoms with Crippen LogP contribution in [-0.4, -0.2) is 11.2 Å². The van der Waals surface area contributed by atoms with Crippen molar-refractivity contribution in [3.05, 3.63) is 20.3 Å². The number of Topliss-reactive ketones (excluding diaryl/α,β-unsaturated/α-hetero) is 1. The second-order valence-corrected chi connectivity index (χ2v) is 5.79. The van der Waals surface area contributed by atoms with Crippen molar-refractivity contribution in [3.63, 3.8) is 0 Å². The predicted octanol–water partition coefficient (Wildman–Crippen LogP) is 3.63. The summed E-state index contributed by atoms with van der Waals surface area (Å²) in [6.07, 6.45) is 0. The third kappa shape index (κ3) is 2.09. The lowest BCUT2D eigenvalue weighted by Crippen LogP contribution is -2.10. The van der Waals surface area contributed by atoms with E-state index in [2.05, 4.69) is 15.9 Å².